The van der Waals surface area contributed by atoms with E-state index in [1.807, 2.05) is 7.05 Å². The van der Waals surface area contributed by atoms with Gasteiger partial charge in [-0.3, -0.25) is 0 Å². The van der Waals surface area contributed by atoms with Crippen molar-refractivity contribution in [3.63, 3.8) is 0 Å². The van der Waals surface area contributed by atoms with Crippen molar-refractivity contribution in [3.8, 4) is 0 Å². The minimum absolute atomic E-state index is 0.469. The van der Waals surface area contributed by atoms with Crippen molar-refractivity contribution in [1.29, 1.82) is 0 Å². The van der Waals surface area contributed by atoms with Crippen LogP contribution < -0.4 is 5.32 Å². The molecule has 19 heavy (non-hydrogen) atoms. The molecule has 0 aliphatic carbocycles. The predicted octanol–water partition coefficient (Wildman–Crippen LogP) is 4.12. The number of benzene rings is 1. The molecule has 0 aliphatic rings. The number of rotatable bonds is 9. The van der Waals surface area contributed by atoms with Crippen LogP contribution in [0.5, 0.6) is 0 Å². The van der Waals surface area contributed by atoms with Crippen molar-refractivity contribution >= 4 is 26.6 Å². The Morgan fingerprint density at radius 3 is 2.47 bits per heavy atom. The van der Waals surface area contributed by atoms with Gasteiger partial charge in [-0.2, -0.15) is 0 Å². The van der Waals surface area contributed by atoms with Gasteiger partial charge in [0.2, 0.25) is 0 Å². The van der Waals surface area contributed by atoms with E-state index in [1.54, 1.807) is 0 Å². The zero-order chi connectivity index (χ0) is 14.1. The van der Waals surface area contributed by atoms with E-state index in [4.69, 9.17) is 12.0 Å². The molecule has 1 aromatic carbocycles. The van der Waals surface area contributed by atoms with Crippen LogP contribution in [0.3, 0.4) is 0 Å². The van der Waals surface area contributed by atoms with Crippen LogP contribution in [0.15, 0.2) is 30.3 Å². The van der Waals surface area contributed by atoms with E-state index in [1.165, 1.54) is 5.56 Å². The van der Waals surface area contributed by atoms with Crippen LogP contribution in [0.4, 0.5) is 0 Å². The SMILES string of the molecule is CCC[O][Sn]([Cl])([CH2]C)[CH2]C(CNC)c1ccccc1. The molecule has 0 aliphatic heterocycles. The van der Waals surface area contributed by atoms with Crippen LogP contribution in [0, 0.1) is 0 Å². The third-order valence-corrected chi connectivity index (χ3v) is 15.1. The third kappa shape index (κ3) is 6.02. The molecule has 108 valence electrons. The molecule has 0 aromatic heterocycles. The Labute approximate surface area is 126 Å². The van der Waals surface area contributed by atoms with Gasteiger partial charge >= 0.3 is 126 Å². The van der Waals surface area contributed by atoms with E-state index in [9.17, 15) is 0 Å². The average molecular weight is 391 g/mol. The molecule has 0 saturated carbocycles. The molecule has 1 aromatic rings. The number of likely N-dealkylation sites (N-methyl/N-ethyl adjacent to an activating group) is 1. The standard InChI is InChI=1S/C10H14N.C3H7O.C2H5.ClH.Sn/c1-9(8-11-2)10-6-4-3-5-7-10;1-2-3-4;1-2;;/h3-7,9,11H,1,8H2,2H3;2-3H2,1H3;1H2,2H3;1H;/q;-1;;;+2/p-1. The Morgan fingerprint density at radius 1 is 1.26 bits per heavy atom. The van der Waals surface area contributed by atoms with Gasteiger partial charge < -0.3 is 0 Å². The molecule has 2 unspecified atom stereocenters. The van der Waals surface area contributed by atoms with Gasteiger partial charge in [-0.15, -0.1) is 0 Å². The van der Waals surface area contributed by atoms with Crippen LogP contribution in [0.2, 0.25) is 8.87 Å². The van der Waals surface area contributed by atoms with E-state index in [-0.39, 0.29) is 0 Å². The summed E-state index contributed by atoms with van der Waals surface area (Å²) in [5.74, 6) is 0.469. The number of hydrogen-bond donors (Lipinski definition) is 1. The number of halogens is 1. The van der Waals surface area contributed by atoms with Crippen molar-refractivity contribution in [3.05, 3.63) is 35.9 Å². The van der Waals surface area contributed by atoms with E-state index < -0.39 is 17.7 Å². The molecular formula is C15H26ClNOSn. The summed E-state index contributed by atoms with van der Waals surface area (Å²) in [7, 11) is 8.84. The van der Waals surface area contributed by atoms with Crippen molar-refractivity contribution in [1.82, 2.24) is 5.32 Å². The normalized spacial score (nSPS) is 16.0. The second-order valence-electron chi connectivity index (χ2n) is 4.95. The monoisotopic (exact) mass is 391 g/mol. The van der Waals surface area contributed by atoms with Gasteiger partial charge in [-0.25, -0.2) is 0 Å². The Balaban J connectivity index is 2.76. The van der Waals surface area contributed by atoms with Crippen LogP contribution in [-0.2, 0) is 3.07 Å². The average Bonchev–Trinajstić information content (AvgIpc) is 2.46. The first kappa shape index (κ1) is 17.3. The first-order chi connectivity index (χ1) is 9.15. The quantitative estimate of drug-likeness (QED) is 0.641. The molecule has 0 saturated heterocycles. The topological polar surface area (TPSA) is 21.3 Å². The third-order valence-electron chi connectivity index (χ3n) is 3.37. The van der Waals surface area contributed by atoms with Crippen molar-refractivity contribution in [2.45, 2.75) is 35.1 Å². The molecule has 1 N–H and O–H groups in total. The van der Waals surface area contributed by atoms with Crippen LogP contribution in [0.1, 0.15) is 31.7 Å². The zero-order valence-corrected chi connectivity index (χ0v) is 15.9. The Bertz CT molecular complexity index is 349. The summed E-state index contributed by atoms with van der Waals surface area (Å²) in [5.41, 5.74) is 1.37. The Kier molecular flexibility index (Phi) is 8.38. The van der Waals surface area contributed by atoms with E-state index in [0.717, 1.165) is 28.4 Å². The van der Waals surface area contributed by atoms with E-state index >= 15 is 0 Å². The first-order valence-corrected chi connectivity index (χ1v) is 16.0. The molecule has 0 radical (unpaired) electrons. The second kappa shape index (κ2) is 9.22. The number of hydrogen-bond acceptors (Lipinski definition) is 2. The van der Waals surface area contributed by atoms with Gasteiger partial charge in [-0.1, -0.05) is 0 Å². The summed E-state index contributed by atoms with van der Waals surface area (Å²) in [6.07, 6.45) is 1.05. The Hall–Kier alpha value is 0.229. The minimum atomic E-state index is -2.89. The summed E-state index contributed by atoms with van der Waals surface area (Å²) >= 11 is -2.89. The van der Waals surface area contributed by atoms with Gasteiger partial charge in [0.25, 0.3) is 0 Å². The van der Waals surface area contributed by atoms with Crippen LogP contribution >= 0.6 is 8.92 Å². The molecule has 0 heterocycles. The van der Waals surface area contributed by atoms with Gasteiger partial charge in [0, 0.05) is 0 Å². The van der Waals surface area contributed by atoms with Gasteiger partial charge in [0.15, 0.2) is 0 Å². The summed E-state index contributed by atoms with van der Waals surface area (Å²) in [6, 6.07) is 10.6. The fraction of sp³-hybridized carbons (Fsp3) is 0.600. The molecule has 0 amide bonds. The summed E-state index contributed by atoms with van der Waals surface area (Å²) in [6.45, 7) is 6.10. The molecule has 0 fully saturated rings. The van der Waals surface area contributed by atoms with Crippen LogP contribution in [0.25, 0.3) is 0 Å². The molecule has 2 nitrogen and oxygen atoms in total. The van der Waals surface area contributed by atoms with E-state index in [2.05, 4.69) is 49.5 Å². The predicted molar refractivity (Wildman–Crippen MR) is 86.2 cm³/mol. The Morgan fingerprint density at radius 2 is 1.95 bits per heavy atom. The molecule has 4 heteroatoms. The molecule has 1 rings (SSSR count). The van der Waals surface area contributed by atoms with Gasteiger partial charge in [0.05, 0.1) is 0 Å². The molecular weight excluding hydrogens is 364 g/mol. The fourth-order valence-corrected chi connectivity index (χ4v) is 10.6. The molecule has 2 atom stereocenters. The van der Waals surface area contributed by atoms with Crippen molar-refractivity contribution < 1.29 is 3.07 Å². The molecule has 0 spiro atoms. The second-order valence-corrected chi connectivity index (χ2v) is 18.6. The zero-order valence-electron chi connectivity index (χ0n) is 12.3. The fourth-order valence-electron chi connectivity index (χ4n) is 2.24. The van der Waals surface area contributed by atoms with Gasteiger partial charge in [0.1, 0.15) is 0 Å². The van der Waals surface area contributed by atoms with Crippen molar-refractivity contribution in [2.24, 2.45) is 0 Å². The maximum atomic E-state index is 6.84. The molecule has 0 bridgehead atoms. The van der Waals surface area contributed by atoms with Crippen LogP contribution in [-0.4, -0.2) is 37.9 Å². The summed E-state index contributed by atoms with van der Waals surface area (Å²) in [4.78, 5) is 0. The maximum absolute atomic E-state index is 6.84. The van der Waals surface area contributed by atoms with E-state index in [0.29, 0.717) is 5.92 Å². The summed E-state index contributed by atoms with van der Waals surface area (Å²) < 4.78 is 8.14. The summed E-state index contributed by atoms with van der Waals surface area (Å²) in [5, 5.41) is 3.29. The van der Waals surface area contributed by atoms with Crippen molar-refractivity contribution in [2.75, 3.05) is 20.2 Å². The first-order valence-electron chi connectivity index (χ1n) is 7.17. The van der Waals surface area contributed by atoms with Gasteiger partial charge in [-0.05, 0) is 0 Å². The number of nitrogens with one attached hydrogen (secondary N) is 1.